The third-order valence-electron chi connectivity index (χ3n) is 4.64. The molecule has 0 aliphatic carbocycles. The van der Waals surface area contributed by atoms with Gasteiger partial charge in [-0.25, -0.2) is 4.39 Å². The highest BCUT2D eigenvalue weighted by Gasteiger charge is 2.35. The zero-order valence-electron chi connectivity index (χ0n) is 15.5. The normalized spacial score (nSPS) is 14.2. The van der Waals surface area contributed by atoms with Gasteiger partial charge in [0.15, 0.2) is 18.2 Å². The average molecular weight is 365 g/mol. The van der Waals surface area contributed by atoms with Crippen LogP contribution in [0.15, 0.2) is 24.3 Å². The molecule has 6 nitrogen and oxygen atoms in total. The Morgan fingerprint density at radius 1 is 1.27 bits per heavy atom. The number of para-hydroxylation sites is 1. The van der Waals surface area contributed by atoms with E-state index >= 15 is 0 Å². The summed E-state index contributed by atoms with van der Waals surface area (Å²) in [7, 11) is 0. The van der Waals surface area contributed by atoms with Crippen LogP contribution in [0.3, 0.4) is 0 Å². The van der Waals surface area contributed by atoms with Crippen LogP contribution in [0.25, 0.3) is 0 Å². The zero-order valence-corrected chi connectivity index (χ0v) is 15.5. The summed E-state index contributed by atoms with van der Waals surface area (Å²) in [6, 6.07) is 5.97. The maximum Gasteiger partial charge on any atom is 0.260 e. The summed E-state index contributed by atoms with van der Waals surface area (Å²) in [5.41, 5.74) is 0. The highest BCUT2D eigenvalue weighted by Crippen LogP contribution is 2.18. The first-order chi connectivity index (χ1) is 12.5. The number of nitrogens with one attached hydrogen (secondary N) is 1. The maximum absolute atomic E-state index is 13.4. The number of carbonyl (C=O) groups is 2. The topological polar surface area (TPSA) is 61.9 Å². The Morgan fingerprint density at radius 2 is 1.96 bits per heavy atom. The minimum Gasteiger partial charge on any atom is -0.481 e. The number of nitrogens with zero attached hydrogens (tertiary/aromatic N) is 2. The van der Waals surface area contributed by atoms with E-state index in [1.54, 1.807) is 17.0 Å². The first kappa shape index (κ1) is 20.2. The van der Waals surface area contributed by atoms with Crippen molar-refractivity contribution in [3.8, 4) is 5.75 Å². The first-order valence-electron chi connectivity index (χ1n) is 9.20. The van der Waals surface area contributed by atoms with Crippen molar-refractivity contribution in [3.63, 3.8) is 0 Å². The number of carbonyl (C=O) groups excluding carboxylic acids is 2. The predicted molar refractivity (Wildman–Crippen MR) is 97.4 cm³/mol. The van der Waals surface area contributed by atoms with Crippen molar-refractivity contribution in [2.75, 3.05) is 45.9 Å². The Morgan fingerprint density at radius 3 is 2.62 bits per heavy atom. The van der Waals surface area contributed by atoms with E-state index < -0.39 is 5.82 Å². The Bertz CT molecular complexity index is 601. The van der Waals surface area contributed by atoms with Gasteiger partial charge in [-0.1, -0.05) is 26.0 Å². The van der Waals surface area contributed by atoms with Crippen LogP contribution in [0.1, 0.15) is 20.3 Å². The van der Waals surface area contributed by atoms with E-state index in [4.69, 9.17) is 4.74 Å². The van der Waals surface area contributed by atoms with Gasteiger partial charge in [0.05, 0.1) is 5.92 Å². The van der Waals surface area contributed by atoms with Crippen LogP contribution in [0, 0.1) is 11.7 Å². The van der Waals surface area contributed by atoms with Gasteiger partial charge >= 0.3 is 0 Å². The highest BCUT2D eigenvalue weighted by atomic mass is 19.1. The standard InChI is InChI=1S/C19H28FN3O3/c1-3-22(4-2)11-7-10-21-19(25)15-12-23(13-15)18(24)14-26-17-9-6-5-8-16(17)20/h5-6,8-9,15H,3-4,7,10-14H2,1-2H3,(H,21,25). The van der Waals surface area contributed by atoms with E-state index in [9.17, 15) is 14.0 Å². The summed E-state index contributed by atoms with van der Waals surface area (Å²) in [6.07, 6.45) is 0.916. The fourth-order valence-electron chi connectivity index (χ4n) is 2.84. The number of halogens is 1. The molecule has 1 aliphatic rings. The summed E-state index contributed by atoms with van der Waals surface area (Å²) >= 11 is 0. The second-order valence-corrected chi connectivity index (χ2v) is 6.39. The summed E-state index contributed by atoms with van der Waals surface area (Å²) in [5, 5.41) is 2.93. The second kappa shape index (κ2) is 10.1. The molecule has 1 aromatic rings. The molecule has 0 radical (unpaired) electrons. The Hall–Kier alpha value is -2.15. The third kappa shape index (κ3) is 5.69. The SMILES string of the molecule is CCN(CC)CCCNC(=O)C1CN(C(=O)COc2ccccc2F)C1. The van der Waals surface area contributed by atoms with Gasteiger partial charge in [0.25, 0.3) is 5.91 Å². The molecule has 0 atom stereocenters. The maximum atomic E-state index is 13.4. The molecule has 1 aromatic carbocycles. The molecule has 1 fully saturated rings. The molecule has 26 heavy (non-hydrogen) atoms. The second-order valence-electron chi connectivity index (χ2n) is 6.39. The molecular weight excluding hydrogens is 337 g/mol. The van der Waals surface area contributed by atoms with Crippen LogP contribution in [0.2, 0.25) is 0 Å². The number of hydrogen-bond donors (Lipinski definition) is 1. The van der Waals surface area contributed by atoms with Crippen molar-refractivity contribution in [1.29, 1.82) is 0 Å². The van der Waals surface area contributed by atoms with Gasteiger partial charge in [-0.15, -0.1) is 0 Å². The van der Waals surface area contributed by atoms with E-state index in [0.717, 1.165) is 26.1 Å². The minimum atomic E-state index is -0.495. The van der Waals surface area contributed by atoms with Crippen LogP contribution in [-0.4, -0.2) is 67.5 Å². The smallest absolute Gasteiger partial charge is 0.260 e. The first-order valence-corrected chi connectivity index (χ1v) is 9.20. The van der Waals surface area contributed by atoms with Crippen molar-refractivity contribution < 1.29 is 18.7 Å². The number of benzene rings is 1. The Balaban J connectivity index is 1.61. The van der Waals surface area contributed by atoms with Crippen molar-refractivity contribution in [2.24, 2.45) is 5.92 Å². The molecular formula is C19H28FN3O3. The molecule has 0 unspecified atom stereocenters. The van der Waals surface area contributed by atoms with Crippen molar-refractivity contribution in [2.45, 2.75) is 20.3 Å². The highest BCUT2D eigenvalue weighted by molar-refractivity contribution is 5.85. The van der Waals surface area contributed by atoms with Crippen LogP contribution < -0.4 is 10.1 Å². The fourth-order valence-corrected chi connectivity index (χ4v) is 2.84. The Kier molecular flexibility index (Phi) is 7.84. The fraction of sp³-hybridized carbons (Fsp3) is 0.579. The molecule has 1 aliphatic heterocycles. The van der Waals surface area contributed by atoms with Gasteiger partial charge in [-0.2, -0.15) is 0 Å². The van der Waals surface area contributed by atoms with Crippen LogP contribution in [0.4, 0.5) is 4.39 Å². The summed E-state index contributed by atoms with van der Waals surface area (Å²) in [6.45, 7) is 8.45. The van der Waals surface area contributed by atoms with Crippen LogP contribution in [0.5, 0.6) is 5.75 Å². The molecule has 1 saturated heterocycles. The molecule has 1 N–H and O–H groups in total. The van der Waals surface area contributed by atoms with Crippen molar-refractivity contribution >= 4 is 11.8 Å². The van der Waals surface area contributed by atoms with Crippen LogP contribution in [-0.2, 0) is 9.59 Å². The molecule has 2 amide bonds. The number of hydrogen-bond acceptors (Lipinski definition) is 4. The summed E-state index contributed by atoms with van der Waals surface area (Å²) in [4.78, 5) is 27.9. The van der Waals surface area contributed by atoms with Gasteiger partial charge in [0.2, 0.25) is 5.91 Å². The largest absolute Gasteiger partial charge is 0.481 e. The third-order valence-corrected chi connectivity index (χ3v) is 4.64. The van der Waals surface area contributed by atoms with Crippen LogP contribution >= 0.6 is 0 Å². The van der Waals surface area contributed by atoms with Crippen molar-refractivity contribution in [3.05, 3.63) is 30.1 Å². The lowest BCUT2D eigenvalue weighted by atomic mass is 9.99. The Labute approximate surface area is 154 Å². The molecule has 144 valence electrons. The molecule has 2 rings (SSSR count). The quantitative estimate of drug-likeness (QED) is 0.639. The van der Waals surface area contributed by atoms with Gasteiger partial charge < -0.3 is 19.9 Å². The lowest BCUT2D eigenvalue weighted by Crippen LogP contribution is -2.56. The van der Waals surface area contributed by atoms with E-state index in [1.807, 2.05) is 0 Å². The van der Waals surface area contributed by atoms with Gasteiger partial charge in [-0.3, -0.25) is 9.59 Å². The molecule has 0 aromatic heterocycles. The molecule has 7 heteroatoms. The van der Waals surface area contributed by atoms with E-state index in [1.165, 1.54) is 12.1 Å². The van der Waals surface area contributed by atoms with Gasteiger partial charge in [-0.05, 0) is 38.2 Å². The van der Waals surface area contributed by atoms with E-state index in [0.29, 0.717) is 19.6 Å². The summed E-state index contributed by atoms with van der Waals surface area (Å²) < 4.78 is 18.6. The molecule has 1 heterocycles. The number of rotatable bonds is 10. The lowest BCUT2D eigenvalue weighted by molar-refractivity contribution is -0.144. The van der Waals surface area contributed by atoms with E-state index in [2.05, 4.69) is 24.1 Å². The molecule has 0 saturated carbocycles. The predicted octanol–water partition coefficient (Wildman–Crippen LogP) is 1.51. The zero-order chi connectivity index (χ0) is 18.9. The molecule has 0 spiro atoms. The summed E-state index contributed by atoms with van der Waals surface area (Å²) in [5.74, 6) is -0.849. The van der Waals surface area contributed by atoms with Crippen molar-refractivity contribution in [1.82, 2.24) is 15.1 Å². The lowest BCUT2D eigenvalue weighted by Gasteiger charge is -2.38. The number of likely N-dealkylation sites (tertiary alicyclic amines) is 1. The van der Waals surface area contributed by atoms with Gasteiger partial charge in [0, 0.05) is 19.6 Å². The number of ether oxygens (including phenoxy) is 1. The van der Waals surface area contributed by atoms with E-state index in [-0.39, 0.29) is 30.1 Å². The average Bonchev–Trinajstić information content (AvgIpc) is 2.60. The molecule has 0 bridgehead atoms. The number of amides is 2. The minimum absolute atomic E-state index is 0.0105. The monoisotopic (exact) mass is 365 g/mol. The van der Waals surface area contributed by atoms with Gasteiger partial charge in [0.1, 0.15) is 0 Å².